The number of hydrogen-bond donors (Lipinski definition) is 0. The number of aryl methyl sites for hydroxylation is 1. The molecule has 0 spiro atoms. The number of ether oxygens (including phenoxy) is 3. The minimum Gasteiger partial charge on any atom is -0.496 e. The fourth-order valence-electron chi connectivity index (χ4n) is 1.98. The van der Waals surface area contributed by atoms with E-state index in [4.69, 9.17) is 14.2 Å². The Balaban J connectivity index is 2.66. The van der Waals surface area contributed by atoms with Gasteiger partial charge < -0.3 is 14.2 Å². The molecule has 0 fully saturated rings. The quantitative estimate of drug-likeness (QED) is 0.748. The van der Waals surface area contributed by atoms with Gasteiger partial charge in [0.25, 0.3) is 0 Å². The van der Waals surface area contributed by atoms with E-state index in [1.165, 1.54) is 0 Å². The SMILES string of the molecule is COc1c(C)cc2c(c1C(C)C)OCO2. The minimum absolute atomic E-state index is 0.307. The highest BCUT2D eigenvalue weighted by atomic mass is 16.7. The van der Waals surface area contributed by atoms with Gasteiger partial charge in [0, 0.05) is 5.56 Å². The van der Waals surface area contributed by atoms with Crippen molar-refractivity contribution in [1.82, 2.24) is 0 Å². The lowest BCUT2D eigenvalue weighted by Crippen LogP contribution is -1.99. The summed E-state index contributed by atoms with van der Waals surface area (Å²) < 4.78 is 16.3. The first-order valence-electron chi connectivity index (χ1n) is 5.12. The Morgan fingerprint density at radius 3 is 2.67 bits per heavy atom. The van der Waals surface area contributed by atoms with Crippen molar-refractivity contribution >= 4 is 0 Å². The lowest BCUT2D eigenvalue weighted by Gasteiger charge is -2.16. The van der Waals surface area contributed by atoms with Crippen LogP contribution in [0.4, 0.5) is 0 Å². The van der Waals surface area contributed by atoms with Crippen LogP contribution in [0.2, 0.25) is 0 Å². The number of fused-ring (bicyclic) bond motifs is 1. The van der Waals surface area contributed by atoms with E-state index in [0.29, 0.717) is 12.7 Å². The highest BCUT2D eigenvalue weighted by Crippen LogP contribution is 2.46. The van der Waals surface area contributed by atoms with Crippen LogP contribution < -0.4 is 14.2 Å². The summed E-state index contributed by atoms with van der Waals surface area (Å²) >= 11 is 0. The number of rotatable bonds is 2. The second kappa shape index (κ2) is 3.65. The van der Waals surface area contributed by atoms with E-state index in [1.807, 2.05) is 13.0 Å². The van der Waals surface area contributed by atoms with Crippen LogP contribution in [0.15, 0.2) is 6.07 Å². The molecule has 1 aromatic rings. The molecule has 15 heavy (non-hydrogen) atoms. The van der Waals surface area contributed by atoms with Gasteiger partial charge in [-0.1, -0.05) is 13.8 Å². The first-order chi connectivity index (χ1) is 7.15. The summed E-state index contributed by atoms with van der Waals surface area (Å²) in [5, 5.41) is 0. The number of benzene rings is 1. The van der Waals surface area contributed by atoms with Crippen LogP contribution in [-0.2, 0) is 0 Å². The minimum atomic E-state index is 0.307. The van der Waals surface area contributed by atoms with Gasteiger partial charge in [0.15, 0.2) is 11.5 Å². The van der Waals surface area contributed by atoms with Crippen LogP contribution in [0.5, 0.6) is 17.2 Å². The predicted molar refractivity (Wildman–Crippen MR) is 57.9 cm³/mol. The lowest BCUT2D eigenvalue weighted by molar-refractivity contribution is 0.173. The number of methoxy groups -OCH3 is 1. The Morgan fingerprint density at radius 1 is 1.33 bits per heavy atom. The summed E-state index contributed by atoms with van der Waals surface area (Å²) in [6.45, 7) is 6.58. The zero-order valence-electron chi connectivity index (χ0n) is 9.59. The largest absolute Gasteiger partial charge is 0.496 e. The Labute approximate surface area is 90.0 Å². The van der Waals surface area contributed by atoms with E-state index in [2.05, 4.69) is 13.8 Å². The van der Waals surface area contributed by atoms with Crippen molar-refractivity contribution in [2.24, 2.45) is 0 Å². The van der Waals surface area contributed by atoms with Gasteiger partial charge in [0.1, 0.15) is 5.75 Å². The molecule has 0 radical (unpaired) electrons. The van der Waals surface area contributed by atoms with E-state index < -0.39 is 0 Å². The Hall–Kier alpha value is -1.38. The molecule has 0 aliphatic carbocycles. The van der Waals surface area contributed by atoms with Crippen LogP contribution in [0, 0.1) is 6.92 Å². The highest BCUT2D eigenvalue weighted by molar-refractivity contribution is 5.59. The van der Waals surface area contributed by atoms with E-state index >= 15 is 0 Å². The Morgan fingerprint density at radius 2 is 2.07 bits per heavy atom. The standard InChI is InChI=1S/C12H16O3/c1-7(2)10-11(13-4)8(3)5-9-12(10)15-6-14-9/h5,7H,6H2,1-4H3. The molecule has 0 saturated carbocycles. The zero-order valence-corrected chi connectivity index (χ0v) is 9.59. The van der Waals surface area contributed by atoms with Crippen LogP contribution >= 0.6 is 0 Å². The lowest BCUT2D eigenvalue weighted by atomic mass is 9.97. The van der Waals surface area contributed by atoms with Crippen LogP contribution in [0.25, 0.3) is 0 Å². The summed E-state index contributed by atoms with van der Waals surface area (Å²) in [6, 6.07) is 1.97. The van der Waals surface area contributed by atoms with Crippen LogP contribution in [0.1, 0.15) is 30.9 Å². The maximum atomic E-state index is 5.49. The van der Waals surface area contributed by atoms with Crippen LogP contribution in [-0.4, -0.2) is 13.9 Å². The fourth-order valence-corrected chi connectivity index (χ4v) is 1.98. The predicted octanol–water partition coefficient (Wildman–Crippen LogP) is 2.86. The average molecular weight is 208 g/mol. The zero-order chi connectivity index (χ0) is 11.0. The maximum absolute atomic E-state index is 5.49. The fraction of sp³-hybridized carbons (Fsp3) is 0.500. The highest BCUT2D eigenvalue weighted by Gasteiger charge is 2.25. The molecular formula is C12H16O3. The summed E-state index contributed by atoms with van der Waals surface area (Å²) in [6.07, 6.45) is 0. The molecule has 1 aliphatic heterocycles. The normalized spacial score (nSPS) is 13.4. The van der Waals surface area contributed by atoms with Gasteiger partial charge in [-0.2, -0.15) is 0 Å². The van der Waals surface area contributed by atoms with E-state index in [-0.39, 0.29) is 0 Å². The Bertz CT molecular complexity index is 379. The van der Waals surface area contributed by atoms with Gasteiger partial charge >= 0.3 is 0 Å². The molecule has 2 rings (SSSR count). The third kappa shape index (κ3) is 1.52. The van der Waals surface area contributed by atoms with Crippen molar-refractivity contribution in [3.8, 4) is 17.2 Å². The number of hydrogen-bond acceptors (Lipinski definition) is 3. The van der Waals surface area contributed by atoms with E-state index in [9.17, 15) is 0 Å². The molecule has 1 heterocycles. The van der Waals surface area contributed by atoms with Crippen molar-refractivity contribution < 1.29 is 14.2 Å². The molecule has 0 bridgehead atoms. The molecule has 0 saturated heterocycles. The van der Waals surface area contributed by atoms with Gasteiger partial charge in [-0.15, -0.1) is 0 Å². The topological polar surface area (TPSA) is 27.7 Å². The maximum Gasteiger partial charge on any atom is 0.231 e. The smallest absolute Gasteiger partial charge is 0.231 e. The summed E-state index contributed by atoms with van der Waals surface area (Å²) in [4.78, 5) is 0. The second-order valence-corrected chi connectivity index (χ2v) is 4.03. The molecule has 0 atom stereocenters. The van der Waals surface area contributed by atoms with Gasteiger partial charge in [-0.25, -0.2) is 0 Å². The first-order valence-corrected chi connectivity index (χ1v) is 5.12. The van der Waals surface area contributed by atoms with E-state index in [1.54, 1.807) is 7.11 Å². The summed E-state index contributed by atoms with van der Waals surface area (Å²) in [7, 11) is 1.69. The molecule has 0 N–H and O–H groups in total. The summed E-state index contributed by atoms with van der Waals surface area (Å²) in [5.41, 5.74) is 2.19. The van der Waals surface area contributed by atoms with Gasteiger partial charge in [0.05, 0.1) is 7.11 Å². The van der Waals surface area contributed by atoms with Crippen LogP contribution in [0.3, 0.4) is 0 Å². The molecule has 0 unspecified atom stereocenters. The van der Waals surface area contributed by atoms with Crippen molar-refractivity contribution in [2.75, 3.05) is 13.9 Å². The molecule has 1 aromatic carbocycles. The third-order valence-corrected chi connectivity index (χ3v) is 2.62. The van der Waals surface area contributed by atoms with Crippen molar-refractivity contribution in [2.45, 2.75) is 26.7 Å². The molecule has 0 amide bonds. The summed E-state index contributed by atoms with van der Waals surface area (Å²) in [5.74, 6) is 2.94. The molecule has 3 heteroatoms. The van der Waals surface area contributed by atoms with E-state index in [0.717, 1.165) is 28.4 Å². The van der Waals surface area contributed by atoms with Gasteiger partial charge in [-0.3, -0.25) is 0 Å². The molecule has 0 aromatic heterocycles. The third-order valence-electron chi connectivity index (χ3n) is 2.62. The van der Waals surface area contributed by atoms with Crippen molar-refractivity contribution in [3.05, 3.63) is 17.2 Å². The Kier molecular flexibility index (Phi) is 2.47. The van der Waals surface area contributed by atoms with Gasteiger partial charge in [0.2, 0.25) is 6.79 Å². The molecule has 3 nitrogen and oxygen atoms in total. The monoisotopic (exact) mass is 208 g/mol. The van der Waals surface area contributed by atoms with Gasteiger partial charge in [-0.05, 0) is 24.5 Å². The molecule has 82 valence electrons. The van der Waals surface area contributed by atoms with Crippen molar-refractivity contribution in [3.63, 3.8) is 0 Å². The first kappa shape index (κ1) is 10.1. The molecule has 1 aliphatic rings. The second-order valence-electron chi connectivity index (χ2n) is 4.03. The average Bonchev–Trinajstić information content (AvgIpc) is 2.62. The van der Waals surface area contributed by atoms with Crippen molar-refractivity contribution in [1.29, 1.82) is 0 Å². The molecular weight excluding hydrogens is 192 g/mol.